The third-order valence-corrected chi connectivity index (χ3v) is 6.13. The van der Waals surface area contributed by atoms with E-state index >= 15 is 0 Å². The highest BCUT2D eigenvalue weighted by Crippen LogP contribution is 2.24. The van der Waals surface area contributed by atoms with Crippen LogP contribution in [0, 0.1) is 5.92 Å². The summed E-state index contributed by atoms with van der Waals surface area (Å²) in [6, 6.07) is 1.55. The molecule has 0 unspecified atom stereocenters. The van der Waals surface area contributed by atoms with Gasteiger partial charge in [0.1, 0.15) is 0 Å². The van der Waals surface area contributed by atoms with Gasteiger partial charge in [0.25, 0.3) is 0 Å². The van der Waals surface area contributed by atoms with E-state index in [1.807, 2.05) is 0 Å². The van der Waals surface area contributed by atoms with E-state index in [1.165, 1.54) is 84.3 Å². The van der Waals surface area contributed by atoms with Crippen LogP contribution in [0.3, 0.4) is 0 Å². The lowest BCUT2D eigenvalue weighted by atomic mass is 9.92. The molecule has 3 fully saturated rings. The summed E-state index contributed by atoms with van der Waals surface area (Å²) in [5, 5.41) is 7.32. The van der Waals surface area contributed by atoms with Crippen LogP contribution in [-0.4, -0.2) is 73.2 Å². The minimum absolute atomic E-state index is 0.244. The highest BCUT2D eigenvalue weighted by molar-refractivity contribution is 4.87. The predicted octanol–water partition coefficient (Wildman–Crippen LogP) is 2.30. The van der Waals surface area contributed by atoms with Crippen molar-refractivity contribution in [1.29, 1.82) is 0 Å². The van der Waals surface area contributed by atoms with Crippen molar-refractivity contribution in [3.8, 4) is 0 Å². The lowest BCUT2D eigenvalue weighted by Crippen LogP contribution is -2.53. The molecule has 0 aromatic carbocycles. The summed E-state index contributed by atoms with van der Waals surface area (Å²) in [6.45, 7) is 15.9. The second-order valence-corrected chi connectivity index (χ2v) is 9.45. The Kier molecular flexibility index (Phi) is 6.58. The monoisotopic (exact) mass is 336 g/mol. The van der Waals surface area contributed by atoms with Crippen molar-refractivity contribution >= 4 is 0 Å². The van der Waals surface area contributed by atoms with E-state index in [1.54, 1.807) is 0 Å². The normalized spacial score (nSPS) is 29.9. The number of hydrogen-bond acceptors (Lipinski definition) is 4. The fourth-order valence-corrected chi connectivity index (χ4v) is 4.99. The van der Waals surface area contributed by atoms with Crippen LogP contribution in [0.1, 0.15) is 59.3 Å². The number of rotatable bonds is 4. The zero-order valence-electron chi connectivity index (χ0n) is 16.3. The average Bonchev–Trinajstić information content (AvgIpc) is 2.55. The maximum Gasteiger partial charge on any atom is 0.0200 e. The van der Waals surface area contributed by atoms with Crippen LogP contribution >= 0.6 is 0 Å². The van der Waals surface area contributed by atoms with E-state index in [-0.39, 0.29) is 5.54 Å². The molecule has 0 saturated carbocycles. The average molecular weight is 337 g/mol. The molecule has 0 radical (unpaired) electrons. The predicted molar refractivity (Wildman–Crippen MR) is 103 cm³/mol. The molecule has 0 aliphatic carbocycles. The zero-order chi connectivity index (χ0) is 17.0. The SMILES string of the molecule is CC(C)(C)N[C@H]1CCCN(CC2CCN(C3CCNCC3)CC2)C1. The van der Waals surface area contributed by atoms with Crippen molar-refractivity contribution in [3.05, 3.63) is 0 Å². The highest BCUT2D eigenvalue weighted by atomic mass is 15.2. The fourth-order valence-electron chi connectivity index (χ4n) is 4.99. The molecule has 3 heterocycles. The summed E-state index contributed by atoms with van der Waals surface area (Å²) in [5.74, 6) is 0.927. The zero-order valence-corrected chi connectivity index (χ0v) is 16.3. The maximum absolute atomic E-state index is 3.82. The van der Waals surface area contributed by atoms with E-state index in [0.717, 1.165) is 12.0 Å². The molecule has 24 heavy (non-hydrogen) atoms. The first-order chi connectivity index (χ1) is 11.5. The first-order valence-corrected chi connectivity index (χ1v) is 10.4. The molecule has 1 atom stereocenters. The van der Waals surface area contributed by atoms with Crippen LogP contribution in [0.5, 0.6) is 0 Å². The van der Waals surface area contributed by atoms with E-state index in [2.05, 4.69) is 41.2 Å². The fraction of sp³-hybridized carbons (Fsp3) is 1.00. The van der Waals surface area contributed by atoms with Gasteiger partial charge in [-0.25, -0.2) is 0 Å². The van der Waals surface area contributed by atoms with Gasteiger partial charge in [-0.1, -0.05) is 0 Å². The molecule has 0 bridgehead atoms. The number of likely N-dealkylation sites (tertiary alicyclic amines) is 2. The van der Waals surface area contributed by atoms with Crippen LogP contribution < -0.4 is 10.6 Å². The molecule has 140 valence electrons. The third-order valence-electron chi connectivity index (χ3n) is 6.13. The molecule has 3 aliphatic rings. The van der Waals surface area contributed by atoms with Gasteiger partial charge in [-0.3, -0.25) is 0 Å². The Morgan fingerprint density at radius 3 is 2.33 bits per heavy atom. The Morgan fingerprint density at radius 1 is 0.958 bits per heavy atom. The van der Waals surface area contributed by atoms with Crippen LogP contribution in [-0.2, 0) is 0 Å². The van der Waals surface area contributed by atoms with Gasteiger partial charge < -0.3 is 20.4 Å². The Balaban J connectivity index is 1.39. The summed E-state index contributed by atoms with van der Waals surface area (Å²) in [7, 11) is 0. The largest absolute Gasteiger partial charge is 0.317 e. The standard InChI is InChI=1S/C20H40N4/c1-20(2,3)22-18-5-4-12-23(16-18)15-17-8-13-24(14-9-17)19-6-10-21-11-7-19/h17-19,21-22H,4-16H2,1-3H3/t18-/m0/s1. The first kappa shape index (κ1) is 18.6. The molecule has 0 spiro atoms. The van der Waals surface area contributed by atoms with Crippen molar-refractivity contribution in [3.63, 3.8) is 0 Å². The van der Waals surface area contributed by atoms with Gasteiger partial charge in [0.05, 0.1) is 0 Å². The smallest absolute Gasteiger partial charge is 0.0200 e. The lowest BCUT2D eigenvalue weighted by molar-refractivity contribution is 0.0834. The second kappa shape index (κ2) is 8.48. The van der Waals surface area contributed by atoms with Gasteiger partial charge in [0.15, 0.2) is 0 Å². The van der Waals surface area contributed by atoms with Crippen molar-refractivity contribution in [2.24, 2.45) is 5.92 Å². The van der Waals surface area contributed by atoms with Crippen LogP contribution in [0.25, 0.3) is 0 Å². The number of nitrogens with one attached hydrogen (secondary N) is 2. The van der Waals surface area contributed by atoms with Crippen LogP contribution in [0.4, 0.5) is 0 Å². The first-order valence-electron chi connectivity index (χ1n) is 10.4. The maximum atomic E-state index is 3.82. The van der Waals surface area contributed by atoms with Gasteiger partial charge in [-0.2, -0.15) is 0 Å². The molecular formula is C20H40N4. The van der Waals surface area contributed by atoms with Gasteiger partial charge in [0, 0.05) is 30.7 Å². The summed E-state index contributed by atoms with van der Waals surface area (Å²) in [4.78, 5) is 5.54. The van der Waals surface area contributed by atoms with E-state index in [4.69, 9.17) is 0 Å². The van der Waals surface area contributed by atoms with Gasteiger partial charge in [0.2, 0.25) is 0 Å². The molecular weight excluding hydrogens is 296 g/mol. The quantitative estimate of drug-likeness (QED) is 0.825. The molecule has 0 amide bonds. The van der Waals surface area contributed by atoms with E-state index < -0.39 is 0 Å². The van der Waals surface area contributed by atoms with Gasteiger partial charge in [-0.15, -0.1) is 0 Å². The van der Waals surface area contributed by atoms with Crippen molar-refractivity contribution in [2.75, 3.05) is 45.8 Å². The molecule has 0 aromatic heterocycles. The summed E-state index contributed by atoms with van der Waals surface area (Å²) in [6.07, 6.45) is 8.26. The van der Waals surface area contributed by atoms with Crippen molar-refractivity contribution in [1.82, 2.24) is 20.4 Å². The molecule has 0 aromatic rings. The van der Waals surface area contributed by atoms with E-state index in [9.17, 15) is 0 Å². The minimum Gasteiger partial charge on any atom is -0.317 e. The number of hydrogen-bond donors (Lipinski definition) is 2. The number of nitrogens with zero attached hydrogens (tertiary/aromatic N) is 2. The Bertz CT molecular complexity index is 364. The van der Waals surface area contributed by atoms with Crippen molar-refractivity contribution in [2.45, 2.75) is 76.9 Å². The minimum atomic E-state index is 0.244. The topological polar surface area (TPSA) is 30.5 Å². The summed E-state index contributed by atoms with van der Waals surface area (Å²) in [5.41, 5.74) is 0.244. The Hall–Kier alpha value is -0.160. The Labute approximate surface area is 149 Å². The summed E-state index contributed by atoms with van der Waals surface area (Å²) >= 11 is 0. The molecule has 3 rings (SSSR count). The third kappa shape index (κ3) is 5.69. The van der Waals surface area contributed by atoms with Gasteiger partial charge in [-0.05, 0) is 97.9 Å². The van der Waals surface area contributed by atoms with E-state index in [0.29, 0.717) is 6.04 Å². The summed E-state index contributed by atoms with van der Waals surface area (Å²) < 4.78 is 0. The molecule has 2 N–H and O–H groups in total. The highest BCUT2D eigenvalue weighted by Gasteiger charge is 2.29. The molecule has 3 saturated heterocycles. The molecule has 4 nitrogen and oxygen atoms in total. The van der Waals surface area contributed by atoms with Crippen molar-refractivity contribution < 1.29 is 0 Å². The second-order valence-electron chi connectivity index (χ2n) is 9.45. The number of piperidine rings is 3. The lowest BCUT2D eigenvalue weighted by Gasteiger charge is -2.42. The molecule has 3 aliphatic heterocycles. The molecule has 4 heteroatoms. The van der Waals surface area contributed by atoms with Crippen LogP contribution in [0.15, 0.2) is 0 Å². The van der Waals surface area contributed by atoms with Crippen LogP contribution in [0.2, 0.25) is 0 Å². The van der Waals surface area contributed by atoms with Gasteiger partial charge >= 0.3 is 0 Å². The Morgan fingerprint density at radius 2 is 1.67 bits per heavy atom.